The summed E-state index contributed by atoms with van der Waals surface area (Å²) in [5.41, 5.74) is 9.13. The van der Waals surface area contributed by atoms with Crippen LogP contribution in [0.15, 0.2) is 42.6 Å². The molecule has 0 amide bonds. The minimum atomic E-state index is -3.08. The van der Waals surface area contributed by atoms with Crippen LogP contribution in [-0.4, -0.2) is 30.0 Å². The van der Waals surface area contributed by atoms with Crippen LogP contribution in [0, 0.1) is 0 Å². The van der Waals surface area contributed by atoms with Gasteiger partial charge in [0, 0.05) is 24.8 Å². The van der Waals surface area contributed by atoms with E-state index in [4.69, 9.17) is 5.73 Å². The second kappa shape index (κ2) is 5.46. The molecule has 110 valence electrons. The first-order chi connectivity index (χ1) is 10.1. The van der Waals surface area contributed by atoms with Crippen LogP contribution < -0.4 is 5.73 Å². The Balaban J connectivity index is 1.89. The Labute approximate surface area is 124 Å². The molecule has 0 spiro atoms. The maximum Gasteiger partial charge on any atom is 0.214 e. The quantitative estimate of drug-likeness (QED) is 0.939. The minimum absolute atomic E-state index is 0.250. The summed E-state index contributed by atoms with van der Waals surface area (Å²) in [6.07, 6.45) is 2.40. The summed E-state index contributed by atoms with van der Waals surface area (Å²) >= 11 is 0. The van der Waals surface area contributed by atoms with Crippen molar-refractivity contribution >= 4 is 15.7 Å². The smallest absolute Gasteiger partial charge is 0.214 e. The summed E-state index contributed by atoms with van der Waals surface area (Å²) in [6, 6.07) is 11.3. The molecule has 21 heavy (non-hydrogen) atoms. The molecule has 6 heteroatoms. The van der Waals surface area contributed by atoms with Crippen molar-refractivity contribution in [3.05, 3.63) is 48.2 Å². The number of nitrogen functional groups attached to an aromatic ring is 1. The number of nitrogens with two attached hydrogens (primary N) is 1. The normalized spacial score (nSPS) is 17.9. The molecule has 1 aliphatic heterocycles. The molecule has 1 aliphatic rings. The van der Waals surface area contributed by atoms with Crippen LogP contribution in [0.25, 0.3) is 11.3 Å². The summed E-state index contributed by atoms with van der Waals surface area (Å²) in [4.78, 5) is 4.29. The Morgan fingerprint density at radius 3 is 2.81 bits per heavy atom. The fraction of sp³-hybridized carbons (Fsp3) is 0.267. The number of aromatic nitrogens is 1. The van der Waals surface area contributed by atoms with Gasteiger partial charge in [-0.1, -0.05) is 18.2 Å². The topological polar surface area (TPSA) is 76.3 Å². The number of hydrogen-bond donors (Lipinski definition) is 1. The molecule has 1 aromatic heterocycles. The van der Waals surface area contributed by atoms with Gasteiger partial charge in [-0.2, -0.15) is 4.31 Å². The first kappa shape index (κ1) is 14.0. The second-order valence-electron chi connectivity index (χ2n) is 5.14. The zero-order valence-electron chi connectivity index (χ0n) is 11.6. The molecule has 0 aliphatic carbocycles. The van der Waals surface area contributed by atoms with Gasteiger partial charge in [-0.05, 0) is 30.2 Å². The van der Waals surface area contributed by atoms with Crippen molar-refractivity contribution in [3.8, 4) is 11.3 Å². The van der Waals surface area contributed by atoms with Gasteiger partial charge in [0.05, 0.1) is 17.1 Å². The maximum absolute atomic E-state index is 11.9. The molecule has 1 fully saturated rings. The summed E-state index contributed by atoms with van der Waals surface area (Å²) in [5.74, 6) is 0.250. The SMILES string of the molecule is Nc1cccnc1-c1cccc(CN2CCCS2(=O)=O)c1. The molecule has 2 heterocycles. The first-order valence-corrected chi connectivity index (χ1v) is 8.45. The number of pyridine rings is 1. The number of hydrogen-bond acceptors (Lipinski definition) is 4. The van der Waals surface area contributed by atoms with Crippen LogP contribution >= 0.6 is 0 Å². The third-order valence-electron chi connectivity index (χ3n) is 3.60. The Bertz CT molecular complexity index is 759. The van der Waals surface area contributed by atoms with Crippen molar-refractivity contribution in [2.75, 3.05) is 18.0 Å². The Morgan fingerprint density at radius 1 is 1.24 bits per heavy atom. The standard InChI is InChI=1S/C15H17N3O2S/c16-14-6-2-7-17-15(14)13-5-1-4-12(10-13)11-18-8-3-9-21(18,19)20/h1-2,4-7,10H,3,8-9,11,16H2. The van der Waals surface area contributed by atoms with Crippen molar-refractivity contribution in [1.82, 2.24) is 9.29 Å². The number of sulfonamides is 1. The van der Waals surface area contributed by atoms with Gasteiger partial charge in [-0.15, -0.1) is 0 Å². The molecule has 0 saturated carbocycles. The highest BCUT2D eigenvalue weighted by molar-refractivity contribution is 7.89. The van der Waals surface area contributed by atoms with Crippen molar-refractivity contribution in [2.45, 2.75) is 13.0 Å². The fourth-order valence-corrected chi connectivity index (χ4v) is 4.05. The van der Waals surface area contributed by atoms with Gasteiger partial charge in [0.1, 0.15) is 0 Å². The van der Waals surface area contributed by atoms with E-state index in [-0.39, 0.29) is 5.75 Å². The molecule has 3 rings (SSSR count). The molecule has 5 nitrogen and oxygen atoms in total. The van der Waals surface area contributed by atoms with E-state index in [1.165, 1.54) is 4.31 Å². The molecular formula is C15H17N3O2S. The largest absolute Gasteiger partial charge is 0.397 e. The molecular weight excluding hydrogens is 286 g/mol. The van der Waals surface area contributed by atoms with Crippen molar-refractivity contribution in [1.29, 1.82) is 0 Å². The van der Waals surface area contributed by atoms with Crippen LogP contribution in [0.4, 0.5) is 5.69 Å². The van der Waals surface area contributed by atoms with Gasteiger partial charge >= 0.3 is 0 Å². The number of nitrogens with zero attached hydrogens (tertiary/aromatic N) is 2. The van der Waals surface area contributed by atoms with Gasteiger partial charge in [0.25, 0.3) is 0 Å². The Hall–Kier alpha value is -1.92. The first-order valence-electron chi connectivity index (χ1n) is 6.84. The van der Waals surface area contributed by atoms with E-state index in [0.29, 0.717) is 25.2 Å². The van der Waals surface area contributed by atoms with Crippen LogP contribution in [0.5, 0.6) is 0 Å². The van der Waals surface area contributed by atoms with Crippen LogP contribution in [0.3, 0.4) is 0 Å². The van der Waals surface area contributed by atoms with Crippen LogP contribution in [0.1, 0.15) is 12.0 Å². The van der Waals surface area contributed by atoms with Gasteiger partial charge < -0.3 is 5.73 Å². The predicted octanol–water partition coefficient (Wildman–Crippen LogP) is 1.87. The highest BCUT2D eigenvalue weighted by Gasteiger charge is 2.27. The molecule has 0 unspecified atom stereocenters. The van der Waals surface area contributed by atoms with E-state index < -0.39 is 10.0 Å². The highest BCUT2D eigenvalue weighted by Crippen LogP contribution is 2.25. The summed E-state index contributed by atoms with van der Waals surface area (Å²) in [6.45, 7) is 1.00. The summed E-state index contributed by atoms with van der Waals surface area (Å²) in [7, 11) is -3.08. The molecule has 2 aromatic rings. The van der Waals surface area contributed by atoms with E-state index in [1.807, 2.05) is 24.3 Å². The average Bonchev–Trinajstić information content (AvgIpc) is 2.79. The van der Waals surface area contributed by atoms with Gasteiger partial charge in [-0.25, -0.2) is 8.42 Å². The lowest BCUT2D eigenvalue weighted by atomic mass is 10.1. The van der Waals surface area contributed by atoms with E-state index in [9.17, 15) is 8.42 Å². The van der Waals surface area contributed by atoms with Crippen molar-refractivity contribution in [3.63, 3.8) is 0 Å². The minimum Gasteiger partial charge on any atom is -0.397 e. The lowest BCUT2D eigenvalue weighted by Crippen LogP contribution is -2.25. The van der Waals surface area contributed by atoms with Gasteiger partial charge in [-0.3, -0.25) is 4.98 Å². The molecule has 2 N–H and O–H groups in total. The lowest BCUT2D eigenvalue weighted by Gasteiger charge is -2.15. The Kier molecular flexibility index (Phi) is 3.65. The zero-order chi connectivity index (χ0) is 14.9. The monoisotopic (exact) mass is 303 g/mol. The van der Waals surface area contributed by atoms with Gasteiger partial charge in [0.2, 0.25) is 10.0 Å². The summed E-state index contributed by atoms with van der Waals surface area (Å²) in [5, 5.41) is 0. The third kappa shape index (κ3) is 2.91. The van der Waals surface area contributed by atoms with Crippen LogP contribution in [-0.2, 0) is 16.6 Å². The molecule has 0 radical (unpaired) electrons. The second-order valence-corrected chi connectivity index (χ2v) is 7.23. The molecule has 0 bridgehead atoms. The number of anilines is 1. The van der Waals surface area contributed by atoms with Crippen LogP contribution in [0.2, 0.25) is 0 Å². The van der Waals surface area contributed by atoms with E-state index in [2.05, 4.69) is 4.98 Å². The Morgan fingerprint density at radius 2 is 2.10 bits per heavy atom. The van der Waals surface area contributed by atoms with E-state index in [1.54, 1.807) is 18.3 Å². The summed E-state index contributed by atoms with van der Waals surface area (Å²) < 4.78 is 25.3. The van der Waals surface area contributed by atoms with Crippen molar-refractivity contribution < 1.29 is 8.42 Å². The maximum atomic E-state index is 11.9. The fourth-order valence-electron chi connectivity index (χ4n) is 2.55. The van der Waals surface area contributed by atoms with Gasteiger partial charge in [0.15, 0.2) is 0 Å². The predicted molar refractivity (Wildman–Crippen MR) is 82.9 cm³/mol. The number of rotatable bonds is 3. The van der Waals surface area contributed by atoms with E-state index in [0.717, 1.165) is 16.8 Å². The highest BCUT2D eigenvalue weighted by atomic mass is 32.2. The van der Waals surface area contributed by atoms with Crippen molar-refractivity contribution in [2.24, 2.45) is 0 Å². The molecule has 0 atom stereocenters. The lowest BCUT2D eigenvalue weighted by molar-refractivity contribution is 0.440. The molecule has 1 aromatic carbocycles. The average molecular weight is 303 g/mol. The number of benzene rings is 1. The zero-order valence-corrected chi connectivity index (χ0v) is 12.4. The van der Waals surface area contributed by atoms with E-state index >= 15 is 0 Å². The third-order valence-corrected chi connectivity index (χ3v) is 5.50. The molecule has 1 saturated heterocycles.